The van der Waals surface area contributed by atoms with Gasteiger partial charge in [-0.15, -0.1) is 0 Å². The summed E-state index contributed by atoms with van der Waals surface area (Å²) in [5, 5.41) is 0. The van der Waals surface area contributed by atoms with Crippen LogP contribution in [0.15, 0.2) is 29.2 Å². The molecule has 3 atom stereocenters. The van der Waals surface area contributed by atoms with E-state index >= 15 is 0 Å². The zero-order valence-electron chi connectivity index (χ0n) is 14.5. The molecule has 138 valence electrons. The predicted molar refractivity (Wildman–Crippen MR) is 95.7 cm³/mol. The number of fused-ring (bicyclic) bond motifs is 1. The van der Waals surface area contributed by atoms with Crippen molar-refractivity contribution in [2.75, 3.05) is 17.7 Å². The molecule has 1 aromatic heterocycles. The molecule has 1 unspecified atom stereocenters. The van der Waals surface area contributed by atoms with E-state index in [2.05, 4.69) is 9.97 Å². The van der Waals surface area contributed by atoms with Crippen LogP contribution in [0.1, 0.15) is 24.6 Å². The van der Waals surface area contributed by atoms with Gasteiger partial charge in [0.15, 0.2) is 0 Å². The summed E-state index contributed by atoms with van der Waals surface area (Å²) in [6.45, 7) is 1.82. The van der Waals surface area contributed by atoms with E-state index in [1.807, 2.05) is 24.3 Å². The van der Waals surface area contributed by atoms with Gasteiger partial charge in [0.1, 0.15) is 11.9 Å². The van der Waals surface area contributed by atoms with Crippen LogP contribution in [0.3, 0.4) is 0 Å². The van der Waals surface area contributed by atoms with E-state index in [0.717, 1.165) is 4.90 Å². The molecule has 0 radical (unpaired) electrons. The predicted octanol–water partition coefficient (Wildman–Crippen LogP) is 4.10. The molecule has 1 aliphatic heterocycles. The summed E-state index contributed by atoms with van der Waals surface area (Å²) in [6.07, 6.45) is 0.712. The Morgan fingerprint density at radius 2 is 2.08 bits per heavy atom. The quantitative estimate of drug-likeness (QED) is 0.872. The number of aromatic nitrogens is 2. The van der Waals surface area contributed by atoms with E-state index < -0.39 is 28.8 Å². The van der Waals surface area contributed by atoms with Crippen LogP contribution in [-0.2, 0) is 23.0 Å². The summed E-state index contributed by atoms with van der Waals surface area (Å²) >= 11 is 0. The summed E-state index contributed by atoms with van der Waals surface area (Å²) in [4.78, 5) is 11.1. The van der Waals surface area contributed by atoms with Crippen molar-refractivity contribution in [3.8, 4) is 11.3 Å². The first kappa shape index (κ1) is 17.5. The third kappa shape index (κ3) is 2.71. The molecule has 2 heterocycles. The summed E-state index contributed by atoms with van der Waals surface area (Å²) < 4.78 is 50.2. The van der Waals surface area contributed by atoms with Crippen molar-refractivity contribution < 1.29 is 13.2 Å². The standard InChI is InChI=1S/C18H19F3N4S/c1-10-14(19)9-25(10)17-23-15(11-4-3-5-12(8-11)26(2)22)13-6-7-18(20,21)16(13)24-17/h3-5,8,10,14,22H,6-7,9H2,1-2H3/t10-,14+,26?/m0/s1. The van der Waals surface area contributed by atoms with Gasteiger partial charge in [0.25, 0.3) is 5.92 Å². The van der Waals surface area contributed by atoms with E-state index in [1.165, 1.54) is 0 Å². The van der Waals surface area contributed by atoms with Gasteiger partial charge in [-0.25, -0.2) is 14.4 Å². The van der Waals surface area contributed by atoms with Gasteiger partial charge in [-0.05, 0) is 31.7 Å². The first-order valence-electron chi connectivity index (χ1n) is 8.45. The molecule has 4 nitrogen and oxygen atoms in total. The second kappa shape index (κ2) is 6.04. The fraction of sp³-hybridized carbons (Fsp3) is 0.444. The van der Waals surface area contributed by atoms with Crippen molar-refractivity contribution in [3.63, 3.8) is 0 Å². The minimum Gasteiger partial charge on any atom is -0.332 e. The molecule has 1 aromatic carbocycles. The molecule has 2 aromatic rings. The Bertz CT molecular complexity index is 902. The second-order valence-electron chi connectivity index (χ2n) is 6.85. The summed E-state index contributed by atoms with van der Waals surface area (Å²) in [5.41, 5.74) is 1.40. The number of anilines is 1. The fourth-order valence-corrected chi connectivity index (χ4v) is 4.03. The molecule has 2 aliphatic rings. The number of hydrogen-bond acceptors (Lipinski definition) is 4. The zero-order valence-corrected chi connectivity index (χ0v) is 15.3. The highest BCUT2D eigenvalue weighted by Gasteiger charge is 2.45. The lowest BCUT2D eigenvalue weighted by molar-refractivity contribution is -0.00598. The Kier molecular flexibility index (Phi) is 4.06. The lowest BCUT2D eigenvalue weighted by Gasteiger charge is -2.42. The summed E-state index contributed by atoms with van der Waals surface area (Å²) in [6, 6.07) is 6.89. The first-order valence-corrected chi connectivity index (χ1v) is 10.1. The molecule has 1 aliphatic carbocycles. The number of nitrogens with one attached hydrogen (secondary N) is 1. The second-order valence-corrected chi connectivity index (χ2v) is 8.34. The number of alkyl halides is 3. The van der Waals surface area contributed by atoms with E-state index in [9.17, 15) is 13.2 Å². The minimum absolute atomic E-state index is 0.121. The van der Waals surface area contributed by atoms with Crippen LogP contribution in [0, 0.1) is 4.78 Å². The molecule has 1 saturated heterocycles. The summed E-state index contributed by atoms with van der Waals surface area (Å²) in [7, 11) is -0.693. The Hall–Kier alpha value is -1.96. The van der Waals surface area contributed by atoms with Gasteiger partial charge in [-0.3, -0.25) is 4.78 Å². The van der Waals surface area contributed by atoms with Crippen LogP contribution < -0.4 is 4.90 Å². The Morgan fingerprint density at radius 1 is 1.31 bits per heavy atom. The lowest BCUT2D eigenvalue weighted by Crippen LogP contribution is -2.57. The van der Waals surface area contributed by atoms with Gasteiger partial charge in [0, 0.05) is 22.4 Å². The lowest BCUT2D eigenvalue weighted by atomic mass is 10.0. The largest absolute Gasteiger partial charge is 0.332 e. The van der Waals surface area contributed by atoms with Crippen molar-refractivity contribution in [2.45, 2.75) is 42.8 Å². The molecule has 1 fully saturated rings. The van der Waals surface area contributed by atoms with Crippen molar-refractivity contribution in [3.05, 3.63) is 35.5 Å². The molecular weight excluding hydrogens is 361 g/mol. The van der Waals surface area contributed by atoms with Crippen molar-refractivity contribution in [2.24, 2.45) is 0 Å². The van der Waals surface area contributed by atoms with Crippen LogP contribution >= 0.6 is 0 Å². The highest BCUT2D eigenvalue weighted by Crippen LogP contribution is 2.45. The highest BCUT2D eigenvalue weighted by molar-refractivity contribution is 7.85. The Labute approximate surface area is 152 Å². The maximum atomic E-state index is 14.4. The van der Waals surface area contributed by atoms with E-state index in [0.29, 0.717) is 16.8 Å². The molecule has 0 bridgehead atoms. The average molecular weight is 380 g/mol. The normalized spacial score (nSPS) is 24.9. The third-order valence-corrected chi connectivity index (χ3v) is 6.10. The maximum absolute atomic E-state index is 14.4. The van der Waals surface area contributed by atoms with Gasteiger partial charge in [-0.2, -0.15) is 8.78 Å². The van der Waals surface area contributed by atoms with Crippen molar-refractivity contribution in [1.29, 1.82) is 4.78 Å². The van der Waals surface area contributed by atoms with Gasteiger partial charge < -0.3 is 4.90 Å². The fourth-order valence-electron chi connectivity index (χ4n) is 3.44. The molecule has 0 amide bonds. The molecular formula is C18H19F3N4S. The monoisotopic (exact) mass is 380 g/mol. The number of hydrogen-bond donors (Lipinski definition) is 1. The summed E-state index contributed by atoms with van der Waals surface area (Å²) in [5.74, 6) is -2.83. The maximum Gasteiger partial charge on any atom is 0.290 e. The average Bonchev–Trinajstić information content (AvgIpc) is 2.93. The zero-order chi connectivity index (χ0) is 18.6. The minimum atomic E-state index is -2.99. The number of nitrogens with zero attached hydrogens (tertiary/aromatic N) is 3. The molecule has 26 heavy (non-hydrogen) atoms. The number of halogens is 3. The molecule has 0 saturated carbocycles. The van der Waals surface area contributed by atoms with E-state index in [-0.39, 0.29) is 31.0 Å². The van der Waals surface area contributed by atoms with Crippen LogP contribution in [0.4, 0.5) is 19.1 Å². The van der Waals surface area contributed by atoms with E-state index in [4.69, 9.17) is 4.78 Å². The smallest absolute Gasteiger partial charge is 0.290 e. The molecule has 8 heteroatoms. The number of benzene rings is 1. The SMILES string of the molecule is C[C@H]1[C@H](F)CN1c1nc(-c2cccc(S(C)=N)c2)c2c(n1)C(F)(F)CC2. The van der Waals surface area contributed by atoms with Crippen LogP contribution in [0.25, 0.3) is 11.3 Å². The third-order valence-electron chi connectivity index (χ3n) is 5.13. The van der Waals surface area contributed by atoms with Gasteiger partial charge >= 0.3 is 0 Å². The Morgan fingerprint density at radius 3 is 2.73 bits per heavy atom. The molecule has 0 spiro atoms. The van der Waals surface area contributed by atoms with Crippen molar-refractivity contribution in [1.82, 2.24) is 9.97 Å². The highest BCUT2D eigenvalue weighted by atomic mass is 32.2. The van der Waals surface area contributed by atoms with Gasteiger partial charge in [-0.1, -0.05) is 22.8 Å². The molecule has 1 N–H and O–H groups in total. The van der Waals surface area contributed by atoms with Crippen LogP contribution in [-0.4, -0.2) is 35.0 Å². The van der Waals surface area contributed by atoms with Gasteiger partial charge in [0.2, 0.25) is 5.95 Å². The Balaban J connectivity index is 1.88. The molecule has 4 rings (SSSR count). The van der Waals surface area contributed by atoms with E-state index in [1.54, 1.807) is 18.1 Å². The first-order chi connectivity index (χ1) is 12.3. The number of rotatable bonds is 3. The van der Waals surface area contributed by atoms with Crippen LogP contribution in [0.2, 0.25) is 0 Å². The topological polar surface area (TPSA) is 52.9 Å². The van der Waals surface area contributed by atoms with Crippen molar-refractivity contribution >= 4 is 16.6 Å². The van der Waals surface area contributed by atoms with Gasteiger partial charge in [0.05, 0.1) is 18.3 Å². The van der Waals surface area contributed by atoms with Crippen LogP contribution in [0.5, 0.6) is 0 Å².